The first-order chi connectivity index (χ1) is 15.5. The van der Waals surface area contributed by atoms with Crippen LogP contribution in [-0.2, 0) is 6.61 Å². The van der Waals surface area contributed by atoms with Crippen LogP contribution in [0.1, 0.15) is 15.9 Å². The molecule has 3 aromatic rings. The molecule has 8 heteroatoms. The number of hydrogen-bond acceptors (Lipinski definition) is 5. The van der Waals surface area contributed by atoms with Crippen LogP contribution in [0.25, 0.3) is 0 Å². The molecule has 3 aromatic carbocycles. The van der Waals surface area contributed by atoms with E-state index in [0.29, 0.717) is 54.8 Å². The standard InChI is InChI=1S/C24H22ClN3O4/c25-21-10-5-11-22(28(30)31)23(21)26-12-14-27(15-13-26)24(29)19-8-4-9-20(16-19)32-17-18-6-2-1-3-7-18/h1-11,16H,12-15,17H2. The number of nitro benzene ring substituents is 1. The van der Waals surface area contributed by atoms with Gasteiger partial charge in [0.2, 0.25) is 0 Å². The first kappa shape index (κ1) is 21.6. The van der Waals surface area contributed by atoms with E-state index in [9.17, 15) is 14.9 Å². The van der Waals surface area contributed by atoms with E-state index in [0.717, 1.165) is 5.56 Å². The van der Waals surface area contributed by atoms with E-state index in [1.807, 2.05) is 41.3 Å². The summed E-state index contributed by atoms with van der Waals surface area (Å²) in [5.74, 6) is 0.536. The summed E-state index contributed by atoms with van der Waals surface area (Å²) >= 11 is 6.25. The summed E-state index contributed by atoms with van der Waals surface area (Å²) in [5, 5.41) is 11.7. The molecule has 1 saturated heterocycles. The average molecular weight is 452 g/mol. The lowest BCUT2D eigenvalue weighted by Gasteiger charge is -2.36. The Bertz CT molecular complexity index is 1120. The minimum Gasteiger partial charge on any atom is -0.489 e. The zero-order valence-corrected chi connectivity index (χ0v) is 18.1. The van der Waals surface area contributed by atoms with E-state index >= 15 is 0 Å². The molecule has 32 heavy (non-hydrogen) atoms. The fourth-order valence-electron chi connectivity index (χ4n) is 3.74. The van der Waals surface area contributed by atoms with Crippen LogP contribution in [0, 0.1) is 10.1 Å². The molecule has 0 radical (unpaired) electrons. The number of carbonyl (C=O) groups is 1. The highest BCUT2D eigenvalue weighted by Gasteiger charge is 2.28. The summed E-state index contributed by atoms with van der Waals surface area (Å²) in [6.07, 6.45) is 0. The van der Waals surface area contributed by atoms with Crippen LogP contribution in [0.2, 0.25) is 5.02 Å². The predicted octanol–water partition coefficient (Wildman–Crippen LogP) is 4.79. The van der Waals surface area contributed by atoms with E-state index in [4.69, 9.17) is 16.3 Å². The Labute approximate surface area is 190 Å². The van der Waals surface area contributed by atoms with Gasteiger partial charge in [0.15, 0.2) is 0 Å². The number of halogens is 1. The fourth-order valence-corrected chi connectivity index (χ4v) is 4.03. The molecule has 0 saturated carbocycles. The van der Waals surface area contributed by atoms with Crippen molar-refractivity contribution in [2.45, 2.75) is 6.61 Å². The average Bonchev–Trinajstić information content (AvgIpc) is 2.83. The summed E-state index contributed by atoms with van der Waals surface area (Å²) < 4.78 is 5.84. The molecule has 0 atom stereocenters. The molecule has 1 amide bonds. The number of rotatable bonds is 6. The number of ether oxygens (including phenoxy) is 1. The molecule has 0 spiro atoms. The Kier molecular flexibility index (Phi) is 6.56. The quantitative estimate of drug-likeness (QED) is 0.398. The molecule has 1 fully saturated rings. The number of carbonyl (C=O) groups excluding carboxylic acids is 1. The maximum atomic E-state index is 13.0. The Morgan fingerprint density at radius 1 is 0.969 bits per heavy atom. The van der Waals surface area contributed by atoms with Gasteiger partial charge in [-0.15, -0.1) is 0 Å². The number of benzene rings is 3. The van der Waals surface area contributed by atoms with Gasteiger partial charge in [0.25, 0.3) is 11.6 Å². The van der Waals surface area contributed by atoms with Gasteiger partial charge < -0.3 is 14.5 Å². The number of hydrogen-bond donors (Lipinski definition) is 0. The van der Waals surface area contributed by atoms with Gasteiger partial charge in [-0.3, -0.25) is 14.9 Å². The highest BCUT2D eigenvalue weighted by atomic mass is 35.5. The first-order valence-electron chi connectivity index (χ1n) is 10.3. The van der Waals surface area contributed by atoms with Gasteiger partial charge in [-0.05, 0) is 29.8 Å². The second-order valence-corrected chi connectivity index (χ2v) is 7.85. The third-order valence-electron chi connectivity index (χ3n) is 5.37. The van der Waals surface area contributed by atoms with Crippen molar-refractivity contribution < 1.29 is 14.5 Å². The van der Waals surface area contributed by atoms with E-state index in [1.165, 1.54) is 6.07 Å². The van der Waals surface area contributed by atoms with Crippen molar-refractivity contribution in [3.8, 4) is 5.75 Å². The molecule has 0 bridgehead atoms. The minimum absolute atomic E-state index is 0.0273. The maximum absolute atomic E-state index is 13.0. The SMILES string of the molecule is O=C(c1cccc(OCc2ccccc2)c1)N1CCN(c2c(Cl)cccc2[N+](=O)[O-])CC1. The van der Waals surface area contributed by atoms with Crippen LogP contribution >= 0.6 is 11.6 Å². The molecule has 0 aromatic heterocycles. The molecule has 164 valence electrons. The zero-order chi connectivity index (χ0) is 22.5. The van der Waals surface area contributed by atoms with Gasteiger partial charge in [-0.2, -0.15) is 0 Å². The number of para-hydroxylation sites is 1. The number of nitrogens with zero attached hydrogens (tertiary/aromatic N) is 3. The summed E-state index contributed by atoms with van der Waals surface area (Å²) in [6.45, 7) is 2.22. The molecular weight excluding hydrogens is 430 g/mol. The van der Waals surface area contributed by atoms with Crippen molar-refractivity contribution in [1.82, 2.24) is 4.90 Å². The lowest BCUT2D eigenvalue weighted by Crippen LogP contribution is -2.49. The van der Waals surface area contributed by atoms with Gasteiger partial charge in [-0.1, -0.05) is 54.1 Å². The van der Waals surface area contributed by atoms with Crippen LogP contribution in [0.15, 0.2) is 72.8 Å². The summed E-state index contributed by atoms with van der Waals surface area (Å²) in [4.78, 5) is 27.6. The molecule has 1 aliphatic rings. The molecular formula is C24H22ClN3O4. The fraction of sp³-hybridized carbons (Fsp3) is 0.208. The number of anilines is 1. The zero-order valence-electron chi connectivity index (χ0n) is 17.3. The predicted molar refractivity (Wildman–Crippen MR) is 123 cm³/mol. The second-order valence-electron chi connectivity index (χ2n) is 7.45. The third-order valence-corrected chi connectivity index (χ3v) is 5.68. The Balaban J connectivity index is 1.40. The summed E-state index contributed by atoms with van der Waals surface area (Å²) in [5.41, 5.74) is 1.98. The molecule has 7 nitrogen and oxygen atoms in total. The maximum Gasteiger partial charge on any atom is 0.294 e. The molecule has 0 unspecified atom stereocenters. The molecule has 4 rings (SSSR count). The monoisotopic (exact) mass is 451 g/mol. The summed E-state index contributed by atoms with van der Waals surface area (Å²) in [7, 11) is 0. The van der Waals surface area contributed by atoms with Crippen LogP contribution in [0.5, 0.6) is 5.75 Å². The Hall–Kier alpha value is -3.58. The molecule has 1 heterocycles. The Morgan fingerprint density at radius 2 is 1.69 bits per heavy atom. The van der Waals surface area contributed by atoms with E-state index in [1.54, 1.807) is 35.2 Å². The van der Waals surface area contributed by atoms with Crippen molar-refractivity contribution in [2.24, 2.45) is 0 Å². The highest BCUT2D eigenvalue weighted by molar-refractivity contribution is 6.33. The third kappa shape index (κ3) is 4.84. The van der Waals surface area contributed by atoms with Gasteiger partial charge in [0, 0.05) is 37.8 Å². The van der Waals surface area contributed by atoms with Crippen molar-refractivity contribution >= 4 is 28.9 Å². The van der Waals surface area contributed by atoms with Crippen LogP contribution in [0.4, 0.5) is 11.4 Å². The van der Waals surface area contributed by atoms with E-state index in [2.05, 4.69) is 0 Å². The van der Waals surface area contributed by atoms with Gasteiger partial charge >= 0.3 is 0 Å². The van der Waals surface area contributed by atoms with Gasteiger partial charge in [-0.25, -0.2) is 0 Å². The van der Waals surface area contributed by atoms with E-state index < -0.39 is 4.92 Å². The minimum atomic E-state index is -0.431. The van der Waals surface area contributed by atoms with Crippen LogP contribution in [0.3, 0.4) is 0 Å². The lowest BCUT2D eigenvalue weighted by atomic mass is 10.1. The lowest BCUT2D eigenvalue weighted by molar-refractivity contribution is -0.384. The van der Waals surface area contributed by atoms with Crippen molar-refractivity contribution in [3.63, 3.8) is 0 Å². The highest BCUT2D eigenvalue weighted by Crippen LogP contribution is 2.36. The summed E-state index contributed by atoms with van der Waals surface area (Å²) in [6, 6.07) is 21.6. The second kappa shape index (κ2) is 9.70. The molecule has 1 aliphatic heterocycles. The smallest absolute Gasteiger partial charge is 0.294 e. The molecule has 0 N–H and O–H groups in total. The number of amides is 1. The van der Waals surface area contributed by atoms with E-state index in [-0.39, 0.29) is 11.6 Å². The number of piperazine rings is 1. The first-order valence-corrected chi connectivity index (χ1v) is 10.6. The van der Waals surface area contributed by atoms with Gasteiger partial charge in [0.05, 0.1) is 9.95 Å². The Morgan fingerprint density at radius 3 is 2.41 bits per heavy atom. The number of nitro groups is 1. The van der Waals surface area contributed by atoms with Crippen LogP contribution in [-0.4, -0.2) is 41.9 Å². The largest absolute Gasteiger partial charge is 0.489 e. The normalized spacial score (nSPS) is 13.7. The van der Waals surface area contributed by atoms with Crippen LogP contribution < -0.4 is 9.64 Å². The van der Waals surface area contributed by atoms with Gasteiger partial charge in [0.1, 0.15) is 18.0 Å². The van der Waals surface area contributed by atoms with Crippen molar-refractivity contribution in [1.29, 1.82) is 0 Å². The van der Waals surface area contributed by atoms with Crippen molar-refractivity contribution in [2.75, 3.05) is 31.1 Å². The molecule has 0 aliphatic carbocycles. The topological polar surface area (TPSA) is 75.9 Å². The van der Waals surface area contributed by atoms with Crippen molar-refractivity contribution in [3.05, 3.63) is 99.1 Å².